The number of benzene rings is 1. The summed E-state index contributed by atoms with van der Waals surface area (Å²) in [6, 6.07) is 4.59. The third kappa shape index (κ3) is 11.8. The number of methoxy groups -OCH3 is 1. The van der Waals surface area contributed by atoms with Gasteiger partial charge in [0.25, 0.3) is 5.91 Å². The first-order chi connectivity index (χ1) is 14.6. The summed E-state index contributed by atoms with van der Waals surface area (Å²) in [5, 5.41) is 9.38. The zero-order valence-corrected chi connectivity index (χ0v) is 20.3. The van der Waals surface area contributed by atoms with E-state index in [-0.39, 0.29) is 41.2 Å². The Hall–Kier alpha value is -1.32. The van der Waals surface area contributed by atoms with E-state index in [1.54, 1.807) is 20.7 Å². The highest BCUT2D eigenvalue weighted by atomic mass is 35.5. The molecule has 2 unspecified atom stereocenters. The van der Waals surface area contributed by atoms with Crippen LogP contribution in [0.2, 0.25) is 10.0 Å². The SMILES string of the molecule is COC(C)CNCC(C)O[B][C@H](CC(C)C)NC(=O)CNC(=O)c1cc(Cl)ccc1Cl. The fourth-order valence-electron chi connectivity index (χ4n) is 2.69. The van der Waals surface area contributed by atoms with E-state index in [2.05, 4.69) is 29.8 Å². The smallest absolute Gasteiger partial charge is 0.317 e. The van der Waals surface area contributed by atoms with E-state index in [0.29, 0.717) is 23.9 Å². The van der Waals surface area contributed by atoms with Gasteiger partial charge in [0.15, 0.2) is 0 Å². The number of halogens is 2. The second kappa shape index (κ2) is 14.7. The van der Waals surface area contributed by atoms with Gasteiger partial charge in [-0.15, -0.1) is 0 Å². The average molecular weight is 473 g/mol. The van der Waals surface area contributed by atoms with Crippen LogP contribution in [0.25, 0.3) is 0 Å². The Morgan fingerprint density at radius 1 is 1.10 bits per heavy atom. The van der Waals surface area contributed by atoms with Crippen LogP contribution in [-0.2, 0) is 14.2 Å². The number of hydrogen-bond acceptors (Lipinski definition) is 5. The maximum Gasteiger partial charge on any atom is 0.317 e. The van der Waals surface area contributed by atoms with Crippen molar-refractivity contribution in [3.05, 3.63) is 33.8 Å². The van der Waals surface area contributed by atoms with Gasteiger partial charge in [0.1, 0.15) is 0 Å². The van der Waals surface area contributed by atoms with E-state index in [0.717, 1.165) is 6.54 Å². The first kappa shape index (κ1) is 27.7. The first-order valence-electron chi connectivity index (χ1n) is 10.4. The summed E-state index contributed by atoms with van der Waals surface area (Å²) in [5.41, 5.74) is 0.222. The topological polar surface area (TPSA) is 88.7 Å². The molecule has 0 aromatic heterocycles. The molecule has 0 aliphatic heterocycles. The Labute approximate surface area is 196 Å². The summed E-state index contributed by atoms with van der Waals surface area (Å²) >= 11 is 11.9. The Balaban J connectivity index is 2.48. The van der Waals surface area contributed by atoms with Crippen molar-refractivity contribution in [3.8, 4) is 0 Å². The number of nitrogens with one attached hydrogen (secondary N) is 3. The molecule has 3 atom stereocenters. The normalized spacial score (nSPS) is 14.1. The molecule has 0 aliphatic rings. The van der Waals surface area contributed by atoms with Crippen LogP contribution in [0.5, 0.6) is 0 Å². The molecule has 2 amide bonds. The van der Waals surface area contributed by atoms with Gasteiger partial charge in [-0.3, -0.25) is 9.59 Å². The molecule has 0 saturated heterocycles. The van der Waals surface area contributed by atoms with Gasteiger partial charge < -0.3 is 25.3 Å². The first-order valence-corrected chi connectivity index (χ1v) is 11.1. The van der Waals surface area contributed by atoms with Gasteiger partial charge in [-0.1, -0.05) is 37.0 Å². The fourth-order valence-corrected chi connectivity index (χ4v) is 3.07. The van der Waals surface area contributed by atoms with Crippen molar-refractivity contribution in [1.29, 1.82) is 0 Å². The van der Waals surface area contributed by atoms with Gasteiger partial charge in [0, 0.05) is 37.3 Å². The minimum atomic E-state index is -0.465. The highest BCUT2D eigenvalue weighted by Gasteiger charge is 2.19. The van der Waals surface area contributed by atoms with Crippen LogP contribution in [0.3, 0.4) is 0 Å². The van der Waals surface area contributed by atoms with Gasteiger partial charge in [-0.2, -0.15) is 0 Å². The van der Waals surface area contributed by atoms with Gasteiger partial charge in [0.2, 0.25) is 5.91 Å². The molecule has 7 nitrogen and oxygen atoms in total. The molecule has 31 heavy (non-hydrogen) atoms. The van der Waals surface area contributed by atoms with Crippen LogP contribution in [0.1, 0.15) is 44.5 Å². The van der Waals surface area contributed by atoms with E-state index in [9.17, 15) is 9.59 Å². The molecule has 1 aromatic rings. The molecular formula is C21H33BCl2N3O4. The number of carbonyl (C=O) groups excluding carboxylic acids is 2. The standard InChI is InChI=1S/C21H33BCl2N3O4/c1-13(2)8-19(22-31-15(4)11-25-10-14(3)30-5)27-20(28)12-26-21(29)17-9-16(23)6-7-18(17)24/h6-7,9,13-15,19,25H,8,10-12H2,1-5H3,(H,26,29)(H,27,28)/t14?,15?,19-/m0/s1. The summed E-state index contributed by atoms with van der Waals surface area (Å²) in [4.78, 5) is 24.6. The second-order valence-electron chi connectivity index (χ2n) is 7.90. The zero-order valence-electron chi connectivity index (χ0n) is 18.8. The Morgan fingerprint density at radius 2 is 1.77 bits per heavy atom. The van der Waals surface area contributed by atoms with Crippen molar-refractivity contribution in [2.75, 3.05) is 26.7 Å². The molecule has 1 radical (unpaired) electrons. The maximum atomic E-state index is 12.4. The van der Waals surface area contributed by atoms with Crippen LogP contribution in [0.4, 0.5) is 0 Å². The molecule has 10 heteroatoms. The van der Waals surface area contributed by atoms with E-state index >= 15 is 0 Å². The molecule has 1 aromatic carbocycles. The van der Waals surface area contributed by atoms with Crippen molar-refractivity contribution in [3.63, 3.8) is 0 Å². The average Bonchev–Trinajstić information content (AvgIpc) is 2.71. The summed E-state index contributed by atoms with van der Waals surface area (Å²) in [7, 11) is 3.32. The number of hydrogen-bond donors (Lipinski definition) is 3. The predicted octanol–water partition coefficient (Wildman–Crippen LogP) is 2.86. The number of ether oxygens (including phenoxy) is 1. The van der Waals surface area contributed by atoms with Crippen LogP contribution >= 0.6 is 23.2 Å². The monoisotopic (exact) mass is 472 g/mol. The summed E-state index contributed by atoms with van der Waals surface area (Å²) in [5.74, 6) is -0.717. The zero-order chi connectivity index (χ0) is 23.4. The molecule has 0 spiro atoms. The van der Waals surface area contributed by atoms with Crippen molar-refractivity contribution in [2.24, 2.45) is 5.92 Å². The minimum absolute atomic E-state index is 0.0692. The van der Waals surface area contributed by atoms with E-state index in [4.69, 9.17) is 32.6 Å². The van der Waals surface area contributed by atoms with Crippen molar-refractivity contribution < 1.29 is 19.0 Å². The third-order valence-electron chi connectivity index (χ3n) is 4.40. The Kier molecular flexibility index (Phi) is 13.1. The second-order valence-corrected chi connectivity index (χ2v) is 8.74. The molecule has 3 N–H and O–H groups in total. The molecule has 173 valence electrons. The van der Waals surface area contributed by atoms with Gasteiger partial charge >= 0.3 is 7.48 Å². The molecule has 0 saturated carbocycles. The summed E-state index contributed by atoms with van der Waals surface area (Å²) in [6.45, 7) is 9.26. The van der Waals surface area contributed by atoms with Crippen molar-refractivity contribution >= 4 is 42.5 Å². The van der Waals surface area contributed by atoms with Crippen LogP contribution in [0.15, 0.2) is 18.2 Å². The molecule has 0 bridgehead atoms. The van der Waals surface area contributed by atoms with Gasteiger partial charge in [-0.25, -0.2) is 0 Å². The lowest BCUT2D eigenvalue weighted by atomic mass is 9.81. The Morgan fingerprint density at radius 3 is 2.42 bits per heavy atom. The lowest BCUT2D eigenvalue weighted by Gasteiger charge is -2.22. The van der Waals surface area contributed by atoms with Crippen molar-refractivity contribution in [1.82, 2.24) is 16.0 Å². The van der Waals surface area contributed by atoms with Crippen molar-refractivity contribution in [2.45, 2.75) is 52.3 Å². The van der Waals surface area contributed by atoms with E-state index < -0.39 is 5.91 Å². The molecule has 0 fully saturated rings. The highest BCUT2D eigenvalue weighted by Crippen LogP contribution is 2.20. The lowest BCUT2D eigenvalue weighted by molar-refractivity contribution is -0.120. The molecule has 0 aliphatic carbocycles. The number of rotatable bonds is 14. The number of amides is 2. The van der Waals surface area contributed by atoms with Crippen LogP contribution in [-0.4, -0.2) is 64.2 Å². The Bertz CT molecular complexity index is 709. The largest absolute Gasteiger partial charge is 0.435 e. The summed E-state index contributed by atoms with van der Waals surface area (Å²) < 4.78 is 11.0. The van der Waals surface area contributed by atoms with E-state index in [1.807, 2.05) is 13.8 Å². The molecule has 1 rings (SSSR count). The third-order valence-corrected chi connectivity index (χ3v) is 4.96. The van der Waals surface area contributed by atoms with Gasteiger partial charge in [0.05, 0.1) is 23.2 Å². The van der Waals surface area contributed by atoms with E-state index in [1.165, 1.54) is 12.1 Å². The fraction of sp³-hybridized carbons (Fsp3) is 0.619. The maximum absolute atomic E-state index is 12.4. The molecular weight excluding hydrogens is 440 g/mol. The molecule has 0 heterocycles. The van der Waals surface area contributed by atoms with Gasteiger partial charge in [-0.05, 0) is 44.4 Å². The highest BCUT2D eigenvalue weighted by molar-refractivity contribution is 6.35. The van der Waals surface area contributed by atoms with Crippen LogP contribution in [0, 0.1) is 5.92 Å². The summed E-state index contributed by atoms with van der Waals surface area (Å²) in [6.07, 6.45) is 0.766. The minimum Gasteiger partial charge on any atom is -0.435 e. The number of carbonyl (C=O) groups is 2. The predicted molar refractivity (Wildman–Crippen MR) is 126 cm³/mol. The lowest BCUT2D eigenvalue weighted by Crippen LogP contribution is -2.46. The van der Waals surface area contributed by atoms with Crippen LogP contribution < -0.4 is 16.0 Å². The quantitative estimate of drug-likeness (QED) is 0.362.